The first-order valence-corrected chi connectivity index (χ1v) is 6.66. The van der Waals surface area contributed by atoms with Gasteiger partial charge in [-0.15, -0.1) is 0 Å². The third kappa shape index (κ3) is 4.35. The summed E-state index contributed by atoms with van der Waals surface area (Å²) in [5.41, 5.74) is 8.22. The van der Waals surface area contributed by atoms with Crippen molar-refractivity contribution in [3.05, 3.63) is 35.9 Å². The Morgan fingerprint density at radius 2 is 2.00 bits per heavy atom. The molecule has 3 N–H and O–H groups in total. The van der Waals surface area contributed by atoms with Crippen LogP contribution in [0.15, 0.2) is 35.4 Å². The molecule has 0 aliphatic carbocycles. The van der Waals surface area contributed by atoms with E-state index >= 15 is 0 Å². The molecule has 5 nitrogen and oxygen atoms in total. The van der Waals surface area contributed by atoms with E-state index in [0.29, 0.717) is 18.2 Å². The van der Waals surface area contributed by atoms with Gasteiger partial charge in [0.15, 0.2) is 0 Å². The largest absolute Gasteiger partial charge is 0.364 e. The van der Waals surface area contributed by atoms with Crippen LogP contribution in [-0.2, 0) is 10.3 Å². The molecule has 0 saturated heterocycles. The second kappa shape index (κ2) is 7.05. The normalized spacial score (nSPS) is 14.9. The van der Waals surface area contributed by atoms with Crippen LogP contribution in [0.4, 0.5) is 4.79 Å². The molecule has 0 aliphatic rings. The Bertz CT molecular complexity index is 471. The molecule has 20 heavy (non-hydrogen) atoms. The topological polar surface area (TPSA) is 76.7 Å². The minimum absolute atomic E-state index is 0.398. The van der Waals surface area contributed by atoms with E-state index in [1.807, 2.05) is 44.2 Å². The summed E-state index contributed by atoms with van der Waals surface area (Å²) >= 11 is 0. The molecule has 1 aromatic carbocycles. The Morgan fingerprint density at radius 3 is 2.50 bits per heavy atom. The number of amides is 2. The highest BCUT2D eigenvalue weighted by atomic mass is 16.5. The predicted octanol–water partition coefficient (Wildman–Crippen LogP) is 2.62. The van der Waals surface area contributed by atoms with E-state index in [0.717, 1.165) is 5.56 Å². The summed E-state index contributed by atoms with van der Waals surface area (Å²) in [7, 11) is 0. The van der Waals surface area contributed by atoms with Gasteiger partial charge in [0.1, 0.15) is 5.60 Å². The Morgan fingerprint density at radius 1 is 1.40 bits per heavy atom. The van der Waals surface area contributed by atoms with Gasteiger partial charge in [-0.25, -0.2) is 10.2 Å². The number of nitrogens with two attached hydrogens (primary N) is 1. The maximum absolute atomic E-state index is 10.8. The van der Waals surface area contributed by atoms with Gasteiger partial charge in [0, 0.05) is 0 Å². The van der Waals surface area contributed by atoms with Crippen LogP contribution in [0.1, 0.15) is 33.3 Å². The van der Waals surface area contributed by atoms with E-state index in [1.165, 1.54) is 0 Å². The second-order valence-electron chi connectivity index (χ2n) is 5.28. The molecule has 1 atom stereocenters. The minimum Gasteiger partial charge on any atom is -0.364 e. The number of carbonyl (C=O) groups is 1. The summed E-state index contributed by atoms with van der Waals surface area (Å²) in [6, 6.07) is 9.10. The van der Waals surface area contributed by atoms with Crippen molar-refractivity contribution in [3.8, 4) is 0 Å². The zero-order valence-corrected chi connectivity index (χ0v) is 12.5. The number of carbonyl (C=O) groups excluding carboxylic acids is 1. The van der Waals surface area contributed by atoms with Crippen LogP contribution in [0, 0.1) is 5.92 Å². The van der Waals surface area contributed by atoms with Gasteiger partial charge < -0.3 is 10.5 Å². The van der Waals surface area contributed by atoms with Gasteiger partial charge in [0.25, 0.3) is 0 Å². The van der Waals surface area contributed by atoms with Gasteiger partial charge in [-0.1, -0.05) is 44.2 Å². The van der Waals surface area contributed by atoms with Crippen molar-refractivity contribution in [2.75, 3.05) is 6.61 Å². The van der Waals surface area contributed by atoms with E-state index in [2.05, 4.69) is 24.4 Å². The number of hydrazone groups is 1. The lowest BCUT2D eigenvalue weighted by Crippen LogP contribution is -2.37. The molecule has 110 valence electrons. The number of hydrogen-bond donors (Lipinski definition) is 2. The molecule has 2 amide bonds. The second-order valence-corrected chi connectivity index (χ2v) is 5.28. The monoisotopic (exact) mass is 277 g/mol. The lowest BCUT2D eigenvalue weighted by atomic mass is 9.91. The first-order chi connectivity index (χ1) is 9.36. The highest BCUT2D eigenvalue weighted by Crippen LogP contribution is 2.27. The smallest absolute Gasteiger partial charge is 0.332 e. The van der Waals surface area contributed by atoms with Crippen molar-refractivity contribution in [2.24, 2.45) is 16.8 Å². The lowest BCUT2D eigenvalue weighted by molar-refractivity contribution is 0.00164. The Balaban J connectivity index is 3.06. The van der Waals surface area contributed by atoms with Crippen LogP contribution in [0.2, 0.25) is 0 Å². The Labute approximate surface area is 120 Å². The van der Waals surface area contributed by atoms with E-state index in [-0.39, 0.29) is 0 Å². The van der Waals surface area contributed by atoms with Crippen molar-refractivity contribution >= 4 is 11.7 Å². The standard InChI is InChI=1S/C15H23N3O2/c1-11(2)10-20-15(4,12(3)17-18-14(16)19)13-8-6-5-7-9-13/h5-9,11H,10H2,1-4H3,(H3,16,18,19)/b17-12-. The summed E-state index contributed by atoms with van der Waals surface area (Å²) in [5.74, 6) is 0.398. The third-order valence-electron chi connectivity index (χ3n) is 3.05. The molecule has 0 aliphatic heterocycles. The van der Waals surface area contributed by atoms with Crippen LogP contribution in [0.25, 0.3) is 0 Å². The molecule has 0 fully saturated rings. The van der Waals surface area contributed by atoms with Crippen molar-refractivity contribution in [1.29, 1.82) is 0 Å². The molecule has 1 unspecified atom stereocenters. The van der Waals surface area contributed by atoms with E-state index in [9.17, 15) is 4.79 Å². The quantitative estimate of drug-likeness (QED) is 0.619. The van der Waals surface area contributed by atoms with Gasteiger partial charge in [0.05, 0.1) is 12.3 Å². The zero-order valence-electron chi connectivity index (χ0n) is 12.5. The van der Waals surface area contributed by atoms with Crippen LogP contribution in [0.5, 0.6) is 0 Å². The maximum Gasteiger partial charge on any atom is 0.332 e. The number of primary amides is 1. The van der Waals surface area contributed by atoms with E-state index < -0.39 is 11.6 Å². The third-order valence-corrected chi connectivity index (χ3v) is 3.05. The molecule has 0 bridgehead atoms. The fraction of sp³-hybridized carbons (Fsp3) is 0.467. The molecule has 0 saturated carbocycles. The van der Waals surface area contributed by atoms with Gasteiger partial charge in [-0.2, -0.15) is 5.10 Å². The number of hydrogen-bond acceptors (Lipinski definition) is 3. The number of urea groups is 1. The highest BCUT2D eigenvalue weighted by Gasteiger charge is 2.31. The van der Waals surface area contributed by atoms with E-state index in [4.69, 9.17) is 10.5 Å². The summed E-state index contributed by atoms with van der Waals surface area (Å²) in [4.78, 5) is 10.8. The molecule has 1 aromatic rings. The van der Waals surface area contributed by atoms with Gasteiger partial charge in [-0.05, 0) is 25.3 Å². The van der Waals surface area contributed by atoms with Crippen molar-refractivity contribution in [1.82, 2.24) is 5.43 Å². The van der Waals surface area contributed by atoms with Crippen molar-refractivity contribution < 1.29 is 9.53 Å². The molecule has 5 heteroatoms. The molecular formula is C15H23N3O2. The predicted molar refractivity (Wildman–Crippen MR) is 80.4 cm³/mol. The van der Waals surface area contributed by atoms with Crippen molar-refractivity contribution in [2.45, 2.75) is 33.3 Å². The number of nitrogens with one attached hydrogen (secondary N) is 1. The molecule has 1 rings (SSSR count). The average Bonchev–Trinajstić information content (AvgIpc) is 2.43. The Hall–Kier alpha value is -1.88. The van der Waals surface area contributed by atoms with Crippen molar-refractivity contribution in [3.63, 3.8) is 0 Å². The zero-order chi connectivity index (χ0) is 15.2. The molecule has 0 aromatic heterocycles. The summed E-state index contributed by atoms with van der Waals surface area (Å²) in [6.07, 6.45) is 0. The number of rotatable bonds is 6. The fourth-order valence-electron chi connectivity index (χ4n) is 1.73. The SMILES string of the molecule is C/C(=N/NC(N)=O)C(C)(OCC(C)C)c1ccccc1. The average molecular weight is 277 g/mol. The first kappa shape index (κ1) is 16.2. The lowest BCUT2D eigenvalue weighted by Gasteiger charge is -2.31. The fourth-order valence-corrected chi connectivity index (χ4v) is 1.73. The van der Waals surface area contributed by atoms with Crippen LogP contribution in [-0.4, -0.2) is 18.3 Å². The summed E-state index contributed by atoms with van der Waals surface area (Å²) in [6.45, 7) is 8.50. The first-order valence-electron chi connectivity index (χ1n) is 6.66. The van der Waals surface area contributed by atoms with Gasteiger partial charge in [-0.3, -0.25) is 0 Å². The van der Waals surface area contributed by atoms with Crippen LogP contribution in [0.3, 0.4) is 0 Å². The van der Waals surface area contributed by atoms with Crippen LogP contribution >= 0.6 is 0 Å². The van der Waals surface area contributed by atoms with Gasteiger partial charge in [0.2, 0.25) is 0 Å². The maximum atomic E-state index is 10.8. The Kier molecular flexibility index (Phi) is 5.70. The van der Waals surface area contributed by atoms with Gasteiger partial charge >= 0.3 is 6.03 Å². The number of nitrogens with zero attached hydrogens (tertiary/aromatic N) is 1. The summed E-state index contributed by atoms with van der Waals surface area (Å²) in [5, 5.41) is 4.02. The molecule has 0 heterocycles. The minimum atomic E-state index is -0.700. The molecule has 0 spiro atoms. The molecular weight excluding hydrogens is 254 g/mol. The highest BCUT2D eigenvalue weighted by molar-refractivity contribution is 5.92. The molecule has 0 radical (unpaired) electrons. The van der Waals surface area contributed by atoms with Crippen LogP contribution < -0.4 is 11.2 Å². The number of benzene rings is 1. The summed E-state index contributed by atoms with van der Waals surface area (Å²) < 4.78 is 6.05. The van der Waals surface area contributed by atoms with E-state index in [1.54, 1.807) is 0 Å². The number of ether oxygens (including phenoxy) is 1.